The predicted molar refractivity (Wildman–Crippen MR) is 68.4 cm³/mol. The van der Waals surface area contributed by atoms with E-state index in [9.17, 15) is 4.57 Å². The minimum atomic E-state index is -2.34. The smallest absolute Gasteiger partial charge is 0.203 e. The second-order valence-electron chi connectivity index (χ2n) is 5.57. The molecule has 2 saturated carbocycles. The first-order valence-corrected chi connectivity index (χ1v) is 9.08. The van der Waals surface area contributed by atoms with Crippen molar-refractivity contribution in [3.63, 3.8) is 0 Å². The maximum absolute atomic E-state index is 12.6. The molecule has 2 rings (SSSR count). The van der Waals surface area contributed by atoms with Gasteiger partial charge in [0.05, 0.1) is 6.10 Å². The van der Waals surface area contributed by atoms with Crippen molar-refractivity contribution in [2.45, 2.75) is 76.0 Å². The Morgan fingerprint density at radius 1 is 0.875 bits per heavy atom. The summed E-state index contributed by atoms with van der Waals surface area (Å²) in [6, 6.07) is 0. The van der Waals surface area contributed by atoms with Crippen molar-refractivity contribution in [1.82, 2.24) is 0 Å². The molecule has 0 radical (unpaired) electrons. The average Bonchev–Trinajstić information content (AvgIpc) is 2.31. The second kappa shape index (κ2) is 5.69. The first kappa shape index (κ1) is 12.6. The molecule has 3 heteroatoms. The lowest BCUT2D eigenvalue weighted by atomic mass is 9.98. The van der Waals surface area contributed by atoms with Crippen molar-refractivity contribution < 1.29 is 9.09 Å². The van der Waals surface area contributed by atoms with Crippen molar-refractivity contribution in [2.75, 3.05) is 6.66 Å². The Hall–Kier alpha value is 0.190. The molecule has 0 aliphatic heterocycles. The zero-order chi connectivity index (χ0) is 11.4. The van der Waals surface area contributed by atoms with Gasteiger partial charge in [-0.3, -0.25) is 4.57 Å². The largest absolute Gasteiger partial charge is 0.325 e. The molecule has 2 aliphatic rings. The standard InChI is InChI=1S/C13H25O2P/c1-16(14,13-10-6-3-7-11-13)15-12-8-4-2-5-9-12/h12-13H,2-11H2,1H3. The van der Waals surface area contributed by atoms with Crippen LogP contribution in [0.3, 0.4) is 0 Å². The van der Waals surface area contributed by atoms with Crippen LogP contribution in [-0.4, -0.2) is 18.4 Å². The van der Waals surface area contributed by atoms with E-state index < -0.39 is 7.37 Å². The van der Waals surface area contributed by atoms with Gasteiger partial charge in [-0.1, -0.05) is 38.5 Å². The minimum absolute atomic E-state index is 0.298. The average molecular weight is 244 g/mol. The monoisotopic (exact) mass is 244 g/mol. The van der Waals surface area contributed by atoms with E-state index >= 15 is 0 Å². The van der Waals surface area contributed by atoms with Crippen LogP contribution in [0, 0.1) is 0 Å². The van der Waals surface area contributed by atoms with E-state index in [1.807, 2.05) is 6.66 Å². The molecule has 0 spiro atoms. The topological polar surface area (TPSA) is 26.3 Å². The molecular weight excluding hydrogens is 219 g/mol. The lowest BCUT2D eigenvalue weighted by Gasteiger charge is -2.32. The second-order valence-corrected chi connectivity index (χ2v) is 8.32. The van der Waals surface area contributed by atoms with Crippen LogP contribution in [0.25, 0.3) is 0 Å². The van der Waals surface area contributed by atoms with Crippen LogP contribution in [0.4, 0.5) is 0 Å². The summed E-state index contributed by atoms with van der Waals surface area (Å²) >= 11 is 0. The van der Waals surface area contributed by atoms with Crippen molar-refractivity contribution in [3.8, 4) is 0 Å². The molecule has 0 amide bonds. The molecule has 0 bridgehead atoms. The first-order chi connectivity index (χ1) is 7.68. The fraction of sp³-hybridized carbons (Fsp3) is 1.00. The maximum atomic E-state index is 12.6. The van der Waals surface area contributed by atoms with Gasteiger partial charge in [0, 0.05) is 12.3 Å². The number of rotatable bonds is 3. The maximum Gasteiger partial charge on any atom is 0.203 e. The normalized spacial score (nSPS) is 28.8. The van der Waals surface area contributed by atoms with Crippen LogP contribution >= 0.6 is 7.37 Å². The Balaban J connectivity index is 1.87. The summed E-state index contributed by atoms with van der Waals surface area (Å²) < 4.78 is 18.6. The fourth-order valence-electron chi connectivity index (χ4n) is 3.10. The third-order valence-corrected chi connectivity index (χ3v) is 6.71. The van der Waals surface area contributed by atoms with Gasteiger partial charge in [-0.2, -0.15) is 0 Å². The minimum Gasteiger partial charge on any atom is -0.325 e. The summed E-state index contributed by atoms with van der Waals surface area (Å²) in [5.41, 5.74) is 0.364. The van der Waals surface area contributed by atoms with Crippen molar-refractivity contribution in [2.24, 2.45) is 0 Å². The zero-order valence-electron chi connectivity index (χ0n) is 10.5. The van der Waals surface area contributed by atoms with Crippen LogP contribution in [0.2, 0.25) is 0 Å². The molecule has 16 heavy (non-hydrogen) atoms. The van der Waals surface area contributed by atoms with Crippen LogP contribution in [0.15, 0.2) is 0 Å². The highest BCUT2D eigenvalue weighted by atomic mass is 31.2. The Labute approximate surface area is 99.6 Å². The number of hydrogen-bond acceptors (Lipinski definition) is 2. The fourth-order valence-corrected chi connectivity index (χ4v) is 5.38. The third-order valence-electron chi connectivity index (χ3n) is 4.15. The van der Waals surface area contributed by atoms with E-state index in [4.69, 9.17) is 4.52 Å². The highest BCUT2D eigenvalue weighted by molar-refractivity contribution is 7.58. The van der Waals surface area contributed by atoms with Gasteiger partial charge in [-0.05, 0) is 25.7 Å². The Morgan fingerprint density at radius 2 is 1.38 bits per heavy atom. The quantitative estimate of drug-likeness (QED) is 0.679. The summed E-state index contributed by atoms with van der Waals surface area (Å²) in [7, 11) is -2.34. The molecule has 0 aromatic rings. The van der Waals surface area contributed by atoms with Crippen molar-refractivity contribution >= 4 is 7.37 Å². The van der Waals surface area contributed by atoms with Crippen LogP contribution in [-0.2, 0) is 9.09 Å². The molecule has 0 heterocycles. The molecule has 2 fully saturated rings. The van der Waals surface area contributed by atoms with Gasteiger partial charge >= 0.3 is 0 Å². The lowest BCUT2D eigenvalue weighted by Crippen LogP contribution is -2.21. The third kappa shape index (κ3) is 3.34. The Kier molecular flexibility index (Phi) is 4.49. The van der Waals surface area contributed by atoms with E-state index in [0.29, 0.717) is 11.8 Å². The number of hydrogen-bond donors (Lipinski definition) is 0. The zero-order valence-corrected chi connectivity index (χ0v) is 11.4. The highest BCUT2D eigenvalue weighted by Crippen LogP contribution is 2.55. The first-order valence-electron chi connectivity index (χ1n) is 6.94. The van der Waals surface area contributed by atoms with Gasteiger partial charge in [-0.15, -0.1) is 0 Å². The van der Waals surface area contributed by atoms with Crippen molar-refractivity contribution in [3.05, 3.63) is 0 Å². The predicted octanol–water partition coefficient (Wildman–Crippen LogP) is 4.58. The van der Waals surface area contributed by atoms with Crippen LogP contribution < -0.4 is 0 Å². The van der Waals surface area contributed by atoms with Gasteiger partial charge in [0.15, 0.2) is 0 Å². The highest BCUT2D eigenvalue weighted by Gasteiger charge is 2.33. The summed E-state index contributed by atoms with van der Waals surface area (Å²) in [6.45, 7) is 1.89. The molecule has 0 N–H and O–H groups in total. The summed E-state index contributed by atoms with van der Waals surface area (Å²) in [5, 5.41) is 0. The molecule has 1 atom stereocenters. The van der Waals surface area contributed by atoms with E-state index in [1.165, 1.54) is 38.5 Å². The van der Waals surface area contributed by atoms with E-state index in [-0.39, 0.29) is 0 Å². The Bertz CT molecular complexity index is 253. The van der Waals surface area contributed by atoms with Gasteiger partial charge < -0.3 is 4.52 Å². The van der Waals surface area contributed by atoms with Gasteiger partial charge in [0.1, 0.15) is 0 Å². The summed E-state index contributed by atoms with van der Waals surface area (Å²) in [4.78, 5) is 0. The summed E-state index contributed by atoms with van der Waals surface area (Å²) in [6.07, 6.45) is 12.5. The van der Waals surface area contributed by atoms with Crippen LogP contribution in [0.1, 0.15) is 64.2 Å². The lowest BCUT2D eigenvalue weighted by molar-refractivity contribution is 0.155. The van der Waals surface area contributed by atoms with Gasteiger partial charge in [-0.25, -0.2) is 0 Å². The molecular formula is C13H25O2P. The summed E-state index contributed by atoms with van der Waals surface area (Å²) in [5.74, 6) is 0. The molecule has 2 aliphatic carbocycles. The van der Waals surface area contributed by atoms with Gasteiger partial charge in [0.25, 0.3) is 0 Å². The van der Waals surface area contributed by atoms with E-state index in [1.54, 1.807) is 0 Å². The SMILES string of the molecule is CP(=O)(OC1CCCCC1)C1CCCCC1. The van der Waals surface area contributed by atoms with E-state index in [2.05, 4.69) is 0 Å². The molecule has 0 aromatic heterocycles. The molecule has 2 nitrogen and oxygen atoms in total. The molecule has 94 valence electrons. The molecule has 0 saturated heterocycles. The van der Waals surface area contributed by atoms with Gasteiger partial charge in [0.2, 0.25) is 7.37 Å². The van der Waals surface area contributed by atoms with Crippen LogP contribution in [0.5, 0.6) is 0 Å². The molecule has 0 aromatic carbocycles. The Morgan fingerprint density at radius 3 is 1.94 bits per heavy atom. The van der Waals surface area contributed by atoms with Crippen molar-refractivity contribution in [1.29, 1.82) is 0 Å². The molecule has 1 unspecified atom stereocenters. The van der Waals surface area contributed by atoms with E-state index in [0.717, 1.165) is 25.7 Å².